The number of carbonyl (C=O) groups excluding carboxylic acids is 2. The van der Waals surface area contributed by atoms with Crippen LogP contribution in [0.2, 0.25) is 0 Å². The first-order valence-corrected chi connectivity index (χ1v) is 12.4. The number of halogens is 1. The Morgan fingerprint density at radius 2 is 1.67 bits per heavy atom. The molecule has 0 spiro atoms. The lowest BCUT2D eigenvalue weighted by molar-refractivity contribution is -0.121. The van der Waals surface area contributed by atoms with Gasteiger partial charge in [-0.3, -0.25) is 4.79 Å². The Balaban J connectivity index is 1.87. The number of hydrogen-bond acceptors (Lipinski definition) is 5. The maximum atomic E-state index is 12.5. The standard InChI is InChI=1S/C26H33BrN2O4/c1-3-5-6-7-8-9-10-11-25(30)29-28-19-21-18-22(27)14-17-24(21)33-26(31)20-12-15-23(16-13-20)32-4-2/h12-19H,3-11H2,1-2H3,(H,29,30)/b28-19+. The lowest BCUT2D eigenvalue weighted by Gasteiger charge is -2.09. The van der Waals surface area contributed by atoms with Gasteiger partial charge >= 0.3 is 5.97 Å². The summed E-state index contributed by atoms with van der Waals surface area (Å²) in [5.74, 6) is 0.431. The molecule has 2 rings (SSSR count). The van der Waals surface area contributed by atoms with Crippen LogP contribution in [-0.4, -0.2) is 24.7 Å². The molecule has 0 aliphatic carbocycles. The molecular weight excluding hydrogens is 484 g/mol. The van der Waals surface area contributed by atoms with E-state index >= 15 is 0 Å². The zero-order valence-corrected chi connectivity index (χ0v) is 21.0. The van der Waals surface area contributed by atoms with Crippen molar-refractivity contribution in [2.75, 3.05) is 6.61 Å². The van der Waals surface area contributed by atoms with Crippen molar-refractivity contribution in [1.29, 1.82) is 0 Å². The van der Waals surface area contributed by atoms with Gasteiger partial charge < -0.3 is 9.47 Å². The Morgan fingerprint density at radius 1 is 0.970 bits per heavy atom. The first-order valence-electron chi connectivity index (χ1n) is 11.6. The Hall–Kier alpha value is -2.67. The maximum Gasteiger partial charge on any atom is 0.343 e. The summed E-state index contributed by atoms with van der Waals surface area (Å²) in [4.78, 5) is 24.6. The maximum absolute atomic E-state index is 12.5. The van der Waals surface area contributed by atoms with E-state index in [1.807, 2.05) is 6.92 Å². The molecule has 0 fully saturated rings. The summed E-state index contributed by atoms with van der Waals surface area (Å²) >= 11 is 3.41. The van der Waals surface area contributed by atoms with Crippen molar-refractivity contribution >= 4 is 34.0 Å². The molecule has 1 amide bonds. The second kappa shape index (κ2) is 15.2. The van der Waals surface area contributed by atoms with Gasteiger partial charge in [0.25, 0.3) is 0 Å². The molecular formula is C26H33BrN2O4. The second-order valence-electron chi connectivity index (χ2n) is 7.69. The molecule has 0 aliphatic rings. The summed E-state index contributed by atoms with van der Waals surface area (Å²) in [7, 11) is 0. The van der Waals surface area contributed by atoms with Gasteiger partial charge in [-0.15, -0.1) is 0 Å². The minimum absolute atomic E-state index is 0.122. The van der Waals surface area contributed by atoms with E-state index in [0.29, 0.717) is 35.7 Å². The lowest BCUT2D eigenvalue weighted by Crippen LogP contribution is -2.17. The number of hydrogen-bond donors (Lipinski definition) is 1. The molecule has 2 aromatic carbocycles. The van der Waals surface area contributed by atoms with Crippen LogP contribution in [0, 0.1) is 0 Å². The van der Waals surface area contributed by atoms with Crippen molar-refractivity contribution in [2.45, 2.75) is 65.2 Å². The first-order chi connectivity index (χ1) is 16.0. The van der Waals surface area contributed by atoms with Crippen LogP contribution < -0.4 is 14.9 Å². The van der Waals surface area contributed by atoms with E-state index in [0.717, 1.165) is 23.7 Å². The number of carbonyl (C=O) groups is 2. The van der Waals surface area contributed by atoms with Crippen molar-refractivity contribution < 1.29 is 19.1 Å². The lowest BCUT2D eigenvalue weighted by atomic mass is 10.1. The zero-order chi connectivity index (χ0) is 23.9. The third kappa shape index (κ3) is 10.2. The summed E-state index contributed by atoms with van der Waals surface area (Å²) in [6.07, 6.45) is 10.0. The highest BCUT2D eigenvalue weighted by Gasteiger charge is 2.12. The smallest absolute Gasteiger partial charge is 0.343 e. The fourth-order valence-corrected chi connectivity index (χ4v) is 3.58. The van der Waals surface area contributed by atoms with Gasteiger partial charge in [-0.05, 0) is 55.8 Å². The van der Waals surface area contributed by atoms with Crippen LogP contribution in [-0.2, 0) is 4.79 Å². The number of ether oxygens (including phenoxy) is 2. The molecule has 0 atom stereocenters. The average molecular weight is 517 g/mol. The van der Waals surface area contributed by atoms with E-state index in [9.17, 15) is 9.59 Å². The Bertz CT molecular complexity index is 913. The van der Waals surface area contributed by atoms with Crippen molar-refractivity contribution in [3.05, 3.63) is 58.1 Å². The predicted molar refractivity (Wildman–Crippen MR) is 135 cm³/mol. The Kier molecular flexibility index (Phi) is 12.3. The number of benzene rings is 2. The quantitative estimate of drug-likeness (QED) is 0.100. The van der Waals surface area contributed by atoms with Crippen molar-refractivity contribution in [1.82, 2.24) is 5.43 Å². The fourth-order valence-electron chi connectivity index (χ4n) is 3.20. The average Bonchev–Trinajstić information content (AvgIpc) is 2.81. The molecule has 0 heterocycles. The summed E-state index contributed by atoms with van der Waals surface area (Å²) in [5.41, 5.74) is 3.53. The minimum Gasteiger partial charge on any atom is -0.494 e. The molecule has 7 heteroatoms. The van der Waals surface area contributed by atoms with Gasteiger partial charge in [0.2, 0.25) is 5.91 Å². The molecule has 2 aromatic rings. The van der Waals surface area contributed by atoms with Crippen molar-refractivity contribution in [2.24, 2.45) is 5.10 Å². The van der Waals surface area contributed by atoms with Crippen LogP contribution in [0.3, 0.4) is 0 Å². The van der Waals surface area contributed by atoms with Gasteiger partial charge in [0.15, 0.2) is 0 Å². The van der Waals surface area contributed by atoms with E-state index in [1.54, 1.807) is 42.5 Å². The number of esters is 1. The Morgan fingerprint density at radius 3 is 2.36 bits per heavy atom. The van der Waals surface area contributed by atoms with Crippen LogP contribution in [0.4, 0.5) is 0 Å². The summed E-state index contributed by atoms with van der Waals surface area (Å²) < 4.78 is 11.8. The molecule has 6 nitrogen and oxygen atoms in total. The normalized spacial score (nSPS) is 10.9. The minimum atomic E-state index is -0.488. The number of unbranched alkanes of at least 4 members (excludes halogenated alkanes) is 6. The summed E-state index contributed by atoms with van der Waals surface area (Å²) in [6, 6.07) is 12.0. The van der Waals surface area contributed by atoms with Crippen molar-refractivity contribution in [3.8, 4) is 11.5 Å². The van der Waals surface area contributed by atoms with Gasteiger partial charge in [0, 0.05) is 16.5 Å². The molecule has 178 valence electrons. The van der Waals surface area contributed by atoms with Crippen LogP contribution in [0.5, 0.6) is 11.5 Å². The van der Waals surface area contributed by atoms with Gasteiger partial charge in [-0.2, -0.15) is 5.10 Å². The number of hydrazone groups is 1. The third-order valence-electron chi connectivity index (χ3n) is 4.98. The van der Waals surface area contributed by atoms with Gasteiger partial charge in [-0.25, -0.2) is 10.2 Å². The molecule has 0 aromatic heterocycles. The largest absolute Gasteiger partial charge is 0.494 e. The fraction of sp³-hybridized carbons (Fsp3) is 0.423. The molecule has 1 N–H and O–H groups in total. The zero-order valence-electron chi connectivity index (χ0n) is 19.4. The van der Waals surface area contributed by atoms with Gasteiger partial charge in [0.05, 0.1) is 18.4 Å². The van der Waals surface area contributed by atoms with E-state index in [2.05, 4.69) is 33.4 Å². The number of rotatable bonds is 14. The highest BCUT2D eigenvalue weighted by atomic mass is 79.9. The number of amides is 1. The summed E-state index contributed by atoms with van der Waals surface area (Å²) in [6.45, 7) is 4.66. The van der Waals surface area contributed by atoms with Crippen LogP contribution >= 0.6 is 15.9 Å². The highest BCUT2D eigenvalue weighted by molar-refractivity contribution is 9.10. The number of nitrogens with one attached hydrogen (secondary N) is 1. The molecule has 0 saturated carbocycles. The predicted octanol–water partition coefficient (Wildman–Crippen LogP) is 6.66. The van der Waals surface area contributed by atoms with Crippen molar-refractivity contribution in [3.63, 3.8) is 0 Å². The second-order valence-corrected chi connectivity index (χ2v) is 8.61. The SMILES string of the molecule is CCCCCCCCCC(=O)N/N=C/c1cc(Br)ccc1OC(=O)c1ccc(OCC)cc1. The molecule has 0 saturated heterocycles. The molecule has 0 bridgehead atoms. The van der Waals surface area contributed by atoms with Gasteiger partial charge in [-0.1, -0.05) is 61.4 Å². The van der Waals surface area contributed by atoms with Gasteiger partial charge in [0.1, 0.15) is 11.5 Å². The highest BCUT2D eigenvalue weighted by Crippen LogP contribution is 2.23. The Labute approximate surface area is 204 Å². The van der Waals surface area contributed by atoms with Crippen LogP contribution in [0.1, 0.15) is 81.1 Å². The summed E-state index contributed by atoms with van der Waals surface area (Å²) in [5, 5.41) is 4.04. The molecule has 0 aliphatic heterocycles. The first kappa shape index (κ1) is 26.6. The monoisotopic (exact) mass is 516 g/mol. The third-order valence-corrected chi connectivity index (χ3v) is 5.47. The molecule has 0 unspecified atom stereocenters. The van der Waals surface area contributed by atoms with E-state index < -0.39 is 5.97 Å². The number of nitrogens with zero attached hydrogens (tertiary/aromatic N) is 1. The van der Waals surface area contributed by atoms with E-state index in [4.69, 9.17) is 9.47 Å². The molecule has 0 radical (unpaired) electrons. The van der Waals surface area contributed by atoms with Crippen LogP contribution in [0.15, 0.2) is 52.0 Å². The molecule has 33 heavy (non-hydrogen) atoms. The van der Waals surface area contributed by atoms with E-state index in [1.165, 1.54) is 31.9 Å². The van der Waals surface area contributed by atoms with E-state index in [-0.39, 0.29) is 5.91 Å². The van der Waals surface area contributed by atoms with Crippen LogP contribution in [0.25, 0.3) is 0 Å². The topological polar surface area (TPSA) is 77.0 Å².